The first-order valence-electron chi connectivity index (χ1n) is 7.83. The Kier molecular flexibility index (Phi) is 7.17. The topological polar surface area (TPSA) is 83.5 Å². The number of carbonyl (C=O) groups is 2. The summed E-state index contributed by atoms with van der Waals surface area (Å²) in [5, 5.41) is 0. The van der Waals surface area contributed by atoms with Gasteiger partial charge in [-0.1, -0.05) is 12.1 Å². The van der Waals surface area contributed by atoms with E-state index in [2.05, 4.69) is 0 Å². The van der Waals surface area contributed by atoms with Crippen LogP contribution in [0.5, 0.6) is 5.75 Å². The molecular weight excluding hydrogens is 330 g/mol. The van der Waals surface area contributed by atoms with Gasteiger partial charge < -0.3 is 28.5 Å². The van der Waals surface area contributed by atoms with Crippen LogP contribution in [0.2, 0.25) is 0 Å². The van der Waals surface area contributed by atoms with E-state index in [0.717, 1.165) is 5.56 Å². The lowest BCUT2D eigenvalue weighted by Crippen LogP contribution is -2.52. The van der Waals surface area contributed by atoms with Crippen molar-refractivity contribution in [2.75, 3.05) is 47.4 Å². The molecule has 8 heteroatoms. The number of carbonyl (C=O) groups excluding carboxylic acids is 2. The van der Waals surface area contributed by atoms with Crippen LogP contribution in [-0.2, 0) is 30.3 Å². The van der Waals surface area contributed by atoms with Crippen molar-refractivity contribution in [3.8, 4) is 5.75 Å². The molecule has 1 amide bonds. The molecule has 138 valence electrons. The maximum Gasteiger partial charge on any atom is 0.411 e. The molecule has 1 fully saturated rings. The highest BCUT2D eigenvalue weighted by molar-refractivity contribution is 5.80. The van der Waals surface area contributed by atoms with Gasteiger partial charge in [0.15, 0.2) is 11.8 Å². The molecule has 1 aromatic rings. The van der Waals surface area contributed by atoms with Gasteiger partial charge in [-0.2, -0.15) is 0 Å². The summed E-state index contributed by atoms with van der Waals surface area (Å²) in [6.07, 6.45) is 0.142. The van der Waals surface area contributed by atoms with E-state index in [0.29, 0.717) is 25.2 Å². The second-order valence-electron chi connectivity index (χ2n) is 5.58. The number of aldehydes is 1. The van der Waals surface area contributed by atoms with Crippen molar-refractivity contribution in [1.82, 2.24) is 4.90 Å². The molecule has 1 aliphatic rings. The Morgan fingerprint density at radius 1 is 1.20 bits per heavy atom. The zero-order chi connectivity index (χ0) is 18.1. The van der Waals surface area contributed by atoms with Crippen molar-refractivity contribution < 1.29 is 33.3 Å². The predicted molar refractivity (Wildman–Crippen MR) is 87.3 cm³/mol. The highest BCUT2D eigenvalue weighted by atomic mass is 16.7. The lowest BCUT2D eigenvalue weighted by Gasteiger charge is -2.30. The molecule has 0 unspecified atom stereocenters. The van der Waals surface area contributed by atoms with Crippen LogP contribution < -0.4 is 4.74 Å². The van der Waals surface area contributed by atoms with Crippen LogP contribution in [0.1, 0.15) is 5.56 Å². The molecule has 1 heterocycles. The molecular formula is C17H23NO7. The number of cyclic esters (lactones) is 1. The van der Waals surface area contributed by atoms with E-state index in [1.54, 1.807) is 26.4 Å². The summed E-state index contributed by atoms with van der Waals surface area (Å²) >= 11 is 0. The molecule has 0 bridgehead atoms. The molecule has 25 heavy (non-hydrogen) atoms. The fraction of sp³-hybridized carbons (Fsp3) is 0.529. The number of benzene rings is 1. The van der Waals surface area contributed by atoms with Gasteiger partial charge in [0.2, 0.25) is 0 Å². The fourth-order valence-electron chi connectivity index (χ4n) is 2.39. The number of amides is 1. The summed E-state index contributed by atoms with van der Waals surface area (Å²) in [5.41, 5.74) is -0.316. The Morgan fingerprint density at radius 3 is 2.60 bits per heavy atom. The Balaban J connectivity index is 1.97. The standard InChI is InChI=1S/C17H23NO7/c1-21-7-8-23-13-24-11-17(10-19)12-25-16(20)18(17)9-14-3-5-15(22-2)6-4-14/h3-6,10H,7-9,11-13H2,1-2H3/t17-/m0/s1. The van der Waals surface area contributed by atoms with Crippen molar-refractivity contribution in [3.05, 3.63) is 29.8 Å². The molecule has 0 aliphatic carbocycles. The number of ether oxygens (including phenoxy) is 5. The quantitative estimate of drug-likeness (QED) is 0.336. The summed E-state index contributed by atoms with van der Waals surface area (Å²) in [6, 6.07) is 7.24. The zero-order valence-corrected chi connectivity index (χ0v) is 14.4. The van der Waals surface area contributed by atoms with Crippen molar-refractivity contribution in [2.45, 2.75) is 12.1 Å². The molecule has 1 aliphatic heterocycles. The monoisotopic (exact) mass is 353 g/mol. The molecule has 0 radical (unpaired) electrons. The molecule has 0 N–H and O–H groups in total. The summed E-state index contributed by atoms with van der Waals surface area (Å²) < 4.78 is 25.7. The Morgan fingerprint density at radius 2 is 1.96 bits per heavy atom. The first-order valence-corrected chi connectivity index (χ1v) is 7.83. The maximum absolute atomic E-state index is 12.1. The predicted octanol–water partition coefficient (Wildman–Crippen LogP) is 1.22. The molecule has 0 spiro atoms. The van der Waals surface area contributed by atoms with E-state index < -0.39 is 11.6 Å². The van der Waals surface area contributed by atoms with Gasteiger partial charge in [0.1, 0.15) is 19.1 Å². The van der Waals surface area contributed by atoms with Crippen LogP contribution in [0.4, 0.5) is 4.79 Å². The maximum atomic E-state index is 12.1. The van der Waals surface area contributed by atoms with E-state index >= 15 is 0 Å². The molecule has 0 aromatic heterocycles. The molecule has 1 aromatic carbocycles. The van der Waals surface area contributed by atoms with E-state index in [9.17, 15) is 9.59 Å². The van der Waals surface area contributed by atoms with Crippen molar-refractivity contribution >= 4 is 12.4 Å². The van der Waals surface area contributed by atoms with Gasteiger partial charge in [0.05, 0.1) is 33.5 Å². The highest BCUT2D eigenvalue weighted by Gasteiger charge is 2.48. The van der Waals surface area contributed by atoms with Gasteiger partial charge in [0, 0.05) is 7.11 Å². The molecule has 1 saturated heterocycles. The van der Waals surface area contributed by atoms with Crippen LogP contribution in [0, 0.1) is 0 Å². The zero-order valence-electron chi connectivity index (χ0n) is 14.4. The number of methoxy groups -OCH3 is 2. The van der Waals surface area contributed by atoms with Crippen LogP contribution >= 0.6 is 0 Å². The van der Waals surface area contributed by atoms with E-state index in [4.69, 9.17) is 23.7 Å². The molecule has 0 saturated carbocycles. The van der Waals surface area contributed by atoms with Crippen molar-refractivity contribution in [1.29, 1.82) is 0 Å². The lowest BCUT2D eigenvalue weighted by molar-refractivity contribution is -0.126. The van der Waals surface area contributed by atoms with Gasteiger partial charge in [-0.15, -0.1) is 0 Å². The number of hydrogen-bond donors (Lipinski definition) is 0. The average Bonchev–Trinajstić information content (AvgIpc) is 2.95. The van der Waals surface area contributed by atoms with Gasteiger partial charge in [-0.05, 0) is 17.7 Å². The Bertz CT molecular complexity index is 563. The smallest absolute Gasteiger partial charge is 0.411 e. The third-order valence-electron chi connectivity index (χ3n) is 3.87. The van der Waals surface area contributed by atoms with Crippen LogP contribution in [-0.4, -0.2) is 70.3 Å². The lowest BCUT2D eigenvalue weighted by atomic mass is 10.0. The normalized spacial score (nSPS) is 19.8. The number of rotatable bonds is 11. The summed E-state index contributed by atoms with van der Waals surface area (Å²) in [7, 11) is 3.15. The average molecular weight is 353 g/mol. The molecule has 8 nitrogen and oxygen atoms in total. The summed E-state index contributed by atoms with van der Waals surface area (Å²) in [6.45, 7) is 1.01. The first kappa shape index (κ1) is 19.2. The van der Waals surface area contributed by atoms with Crippen LogP contribution in [0.15, 0.2) is 24.3 Å². The second kappa shape index (κ2) is 9.36. The third kappa shape index (κ3) is 4.91. The fourth-order valence-corrected chi connectivity index (χ4v) is 2.39. The summed E-state index contributed by atoms with van der Waals surface area (Å²) in [5.74, 6) is 0.714. The van der Waals surface area contributed by atoms with Crippen molar-refractivity contribution in [3.63, 3.8) is 0 Å². The van der Waals surface area contributed by atoms with Gasteiger partial charge in [-0.25, -0.2) is 4.79 Å². The number of nitrogens with zero attached hydrogens (tertiary/aromatic N) is 1. The largest absolute Gasteiger partial charge is 0.497 e. The van der Waals surface area contributed by atoms with E-state index in [1.165, 1.54) is 4.90 Å². The SMILES string of the molecule is COCCOCOC[C@@]1(C=O)COC(=O)N1Cc1ccc(OC)cc1. The molecule has 2 rings (SSSR count). The third-order valence-corrected chi connectivity index (χ3v) is 3.87. The minimum Gasteiger partial charge on any atom is -0.497 e. The minimum absolute atomic E-state index is 0.00349. The Hall–Kier alpha value is -2.16. The van der Waals surface area contributed by atoms with E-state index in [-0.39, 0.29) is 26.6 Å². The van der Waals surface area contributed by atoms with Gasteiger partial charge in [-0.3, -0.25) is 4.90 Å². The van der Waals surface area contributed by atoms with Crippen molar-refractivity contribution in [2.24, 2.45) is 0 Å². The van der Waals surface area contributed by atoms with Crippen LogP contribution in [0.25, 0.3) is 0 Å². The molecule has 1 atom stereocenters. The second-order valence-corrected chi connectivity index (χ2v) is 5.58. The van der Waals surface area contributed by atoms with E-state index in [1.807, 2.05) is 12.1 Å². The Labute approximate surface area is 146 Å². The van der Waals surface area contributed by atoms with Crippen LogP contribution in [0.3, 0.4) is 0 Å². The van der Waals surface area contributed by atoms with Gasteiger partial charge >= 0.3 is 6.09 Å². The summed E-state index contributed by atoms with van der Waals surface area (Å²) in [4.78, 5) is 25.1. The van der Waals surface area contributed by atoms with Gasteiger partial charge in [0.25, 0.3) is 0 Å². The minimum atomic E-state index is -1.17. The highest BCUT2D eigenvalue weighted by Crippen LogP contribution is 2.26. The number of hydrogen-bond acceptors (Lipinski definition) is 7. The first-order chi connectivity index (χ1) is 12.1.